The first kappa shape index (κ1) is 8.89. The van der Waals surface area contributed by atoms with Crippen molar-refractivity contribution in [2.75, 3.05) is 13.2 Å². The number of halogens is 1. The molecule has 3 rings (SSSR count). The monoisotopic (exact) mass is 254 g/mol. The first-order valence-electron chi connectivity index (χ1n) is 4.88. The highest BCUT2D eigenvalue weighted by molar-refractivity contribution is 9.10. The van der Waals surface area contributed by atoms with Gasteiger partial charge >= 0.3 is 0 Å². The second kappa shape index (κ2) is 3.05. The minimum Gasteiger partial charge on any atom is -0.343 e. The summed E-state index contributed by atoms with van der Waals surface area (Å²) in [7, 11) is 0. The number of hydrogen-bond acceptors (Lipinski definition) is 2. The van der Waals surface area contributed by atoms with Crippen molar-refractivity contribution in [3.05, 3.63) is 33.8 Å². The summed E-state index contributed by atoms with van der Waals surface area (Å²) in [5.74, 6) is -0.418. The van der Waals surface area contributed by atoms with Crippen molar-refractivity contribution < 1.29 is 9.47 Å². The zero-order chi connectivity index (χ0) is 9.60. The Morgan fingerprint density at radius 3 is 2.79 bits per heavy atom. The second-order valence-electron chi connectivity index (χ2n) is 3.72. The first-order valence-corrected chi connectivity index (χ1v) is 5.67. The lowest BCUT2D eigenvalue weighted by molar-refractivity contribution is -0.163. The molecule has 1 aliphatic carbocycles. The van der Waals surface area contributed by atoms with Gasteiger partial charge in [0, 0.05) is 16.5 Å². The van der Waals surface area contributed by atoms with E-state index in [-0.39, 0.29) is 0 Å². The van der Waals surface area contributed by atoms with Crippen LogP contribution in [-0.2, 0) is 21.7 Å². The predicted octanol–water partition coefficient (Wildman–Crippen LogP) is 2.59. The molecule has 0 bridgehead atoms. The fourth-order valence-corrected chi connectivity index (χ4v) is 2.91. The van der Waals surface area contributed by atoms with E-state index in [0.29, 0.717) is 13.2 Å². The fraction of sp³-hybridized carbons (Fsp3) is 0.455. The van der Waals surface area contributed by atoms with Gasteiger partial charge in [-0.1, -0.05) is 28.1 Å². The van der Waals surface area contributed by atoms with E-state index in [2.05, 4.69) is 28.1 Å². The highest BCUT2D eigenvalue weighted by Crippen LogP contribution is 2.45. The van der Waals surface area contributed by atoms with Crippen molar-refractivity contribution >= 4 is 15.9 Å². The van der Waals surface area contributed by atoms with E-state index in [1.807, 2.05) is 6.07 Å². The van der Waals surface area contributed by atoms with Crippen LogP contribution in [0.5, 0.6) is 0 Å². The van der Waals surface area contributed by atoms with E-state index in [9.17, 15) is 0 Å². The number of ether oxygens (including phenoxy) is 2. The zero-order valence-corrected chi connectivity index (χ0v) is 9.34. The van der Waals surface area contributed by atoms with Gasteiger partial charge in [0.1, 0.15) is 0 Å². The standard InChI is InChI=1S/C11H11BrO2/c12-10-3-1-2-9-8(10)4-5-11(9)13-6-7-14-11/h1-3H,4-7H2. The summed E-state index contributed by atoms with van der Waals surface area (Å²) in [6.45, 7) is 1.43. The smallest absolute Gasteiger partial charge is 0.195 e. The summed E-state index contributed by atoms with van der Waals surface area (Å²) in [6.07, 6.45) is 1.99. The molecule has 0 amide bonds. The Hall–Kier alpha value is -0.380. The lowest BCUT2D eigenvalue weighted by atomic mass is 10.1. The largest absolute Gasteiger partial charge is 0.343 e. The first-order chi connectivity index (χ1) is 6.82. The summed E-state index contributed by atoms with van der Waals surface area (Å²) in [4.78, 5) is 0. The highest BCUT2D eigenvalue weighted by atomic mass is 79.9. The number of benzene rings is 1. The SMILES string of the molecule is Brc1cccc2c1CCC21OCCO1. The van der Waals surface area contributed by atoms with E-state index >= 15 is 0 Å². The molecule has 0 N–H and O–H groups in total. The molecule has 2 nitrogen and oxygen atoms in total. The average Bonchev–Trinajstić information content (AvgIpc) is 2.78. The zero-order valence-electron chi connectivity index (χ0n) is 7.75. The Balaban J connectivity index is 2.14. The summed E-state index contributed by atoms with van der Waals surface area (Å²) in [6, 6.07) is 6.23. The van der Waals surface area contributed by atoms with Crippen molar-refractivity contribution in [1.29, 1.82) is 0 Å². The Morgan fingerprint density at radius 1 is 1.21 bits per heavy atom. The molecule has 14 heavy (non-hydrogen) atoms. The minimum absolute atomic E-state index is 0.418. The quantitative estimate of drug-likeness (QED) is 0.709. The summed E-state index contributed by atoms with van der Waals surface area (Å²) < 4.78 is 12.7. The van der Waals surface area contributed by atoms with E-state index in [1.165, 1.54) is 15.6 Å². The van der Waals surface area contributed by atoms with E-state index in [1.54, 1.807) is 0 Å². The summed E-state index contributed by atoms with van der Waals surface area (Å²) in [5.41, 5.74) is 2.55. The van der Waals surface area contributed by atoms with Gasteiger partial charge in [-0.25, -0.2) is 0 Å². The third-order valence-electron chi connectivity index (χ3n) is 2.99. The van der Waals surface area contributed by atoms with E-state index in [0.717, 1.165) is 12.8 Å². The molecule has 1 aliphatic heterocycles. The van der Waals surface area contributed by atoms with Crippen LogP contribution in [0.4, 0.5) is 0 Å². The van der Waals surface area contributed by atoms with Gasteiger partial charge in [-0.2, -0.15) is 0 Å². The van der Waals surface area contributed by atoms with Crippen LogP contribution in [0, 0.1) is 0 Å². The highest BCUT2D eigenvalue weighted by Gasteiger charge is 2.44. The average molecular weight is 255 g/mol. The van der Waals surface area contributed by atoms with Gasteiger partial charge in [0.25, 0.3) is 0 Å². The normalized spacial score (nSPS) is 22.9. The molecule has 0 aromatic heterocycles. The lowest BCUT2D eigenvalue weighted by Crippen LogP contribution is -2.23. The van der Waals surface area contributed by atoms with Crippen LogP contribution < -0.4 is 0 Å². The third-order valence-corrected chi connectivity index (χ3v) is 3.73. The molecule has 74 valence electrons. The molecule has 1 spiro atoms. The number of fused-ring (bicyclic) bond motifs is 2. The van der Waals surface area contributed by atoms with Crippen LogP contribution in [0.3, 0.4) is 0 Å². The van der Waals surface area contributed by atoms with Crippen molar-refractivity contribution in [1.82, 2.24) is 0 Å². The molecule has 0 atom stereocenters. The van der Waals surface area contributed by atoms with Crippen molar-refractivity contribution in [2.45, 2.75) is 18.6 Å². The van der Waals surface area contributed by atoms with Gasteiger partial charge in [-0.15, -0.1) is 0 Å². The molecule has 3 heteroatoms. The lowest BCUT2D eigenvalue weighted by Gasteiger charge is -2.22. The van der Waals surface area contributed by atoms with Crippen LogP contribution in [-0.4, -0.2) is 13.2 Å². The molecule has 1 aromatic rings. The molecule has 1 aromatic carbocycles. The maximum Gasteiger partial charge on any atom is 0.195 e. The van der Waals surface area contributed by atoms with Gasteiger partial charge in [0.2, 0.25) is 0 Å². The Kier molecular flexibility index (Phi) is 1.94. The Labute approximate surface area is 91.3 Å². The van der Waals surface area contributed by atoms with Crippen LogP contribution >= 0.6 is 15.9 Å². The van der Waals surface area contributed by atoms with Gasteiger partial charge < -0.3 is 9.47 Å². The molecule has 0 saturated carbocycles. The van der Waals surface area contributed by atoms with Crippen LogP contribution in [0.1, 0.15) is 17.5 Å². The summed E-state index contributed by atoms with van der Waals surface area (Å²) >= 11 is 3.57. The molecule has 1 fully saturated rings. The minimum atomic E-state index is -0.418. The second-order valence-corrected chi connectivity index (χ2v) is 4.57. The van der Waals surface area contributed by atoms with Crippen molar-refractivity contribution in [3.63, 3.8) is 0 Å². The summed E-state index contributed by atoms with van der Waals surface area (Å²) in [5, 5.41) is 0. The maximum absolute atomic E-state index is 5.74. The van der Waals surface area contributed by atoms with Gasteiger partial charge in [-0.05, 0) is 18.1 Å². The van der Waals surface area contributed by atoms with Crippen LogP contribution in [0.15, 0.2) is 22.7 Å². The molecule has 1 saturated heterocycles. The van der Waals surface area contributed by atoms with Crippen LogP contribution in [0.2, 0.25) is 0 Å². The van der Waals surface area contributed by atoms with Crippen LogP contribution in [0.25, 0.3) is 0 Å². The number of rotatable bonds is 0. The molecular weight excluding hydrogens is 244 g/mol. The Bertz CT molecular complexity index is 370. The van der Waals surface area contributed by atoms with Gasteiger partial charge in [-0.3, -0.25) is 0 Å². The van der Waals surface area contributed by atoms with E-state index in [4.69, 9.17) is 9.47 Å². The maximum atomic E-state index is 5.74. The molecule has 2 aliphatic rings. The van der Waals surface area contributed by atoms with Crippen molar-refractivity contribution in [3.8, 4) is 0 Å². The predicted molar refractivity (Wildman–Crippen MR) is 56.0 cm³/mol. The number of hydrogen-bond donors (Lipinski definition) is 0. The fourth-order valence-electron chi connectivity index (χ4n) is 2.35. The van der Waals surface area contributed by atoms with Gasteiger partial charge in [0.15, 0.2) is 5.79 Å². The topological polar surface area (TPSA) is 18.5 Å². The molecule has 0 radical (unpaired) electrons. The third kappa shape index (κ3) is 1.09. The van der Waals surface area contributed by atoms with E-state index < -0.39 is 5.79 Å². The van der Waals surface area contributed by atoms with Crippen molar-refractivity contribution in [2.24, 2.45) is 0 Å². The Morgan fingerprint density at radius 2 is 2.00 bits per heavy atom. The molecule has 0 unspecified atom stereocenters. The molecular formula is C11H11BrO2. The van der Waals surface area contributed by atoms with Gasteiger partial charge in [0.05, 0.1) is 13.2 Å². The molecule has 1 heterocycles.